The number of piperazine rings is 1. The van der Waals surface area contributed by atoms with E-state index in [9.17, 15) is 0 Å². The van der Waals surface area contributed by atoms with E-state index in [-0.39, 0.29) is 0 Å². The minimum absolute atomic E-state index is 0.498. The van der Waals surface area contributed by atoms with Gasteiger partial charge in [0.05, 0.1) is 18.4 Å². The lowest BCUT2D eigenvalue weighted by molar-refractivity contribution is 0.169. The molecular weight excluding hydrogens is 368 g/mol. The van der Waals surface area contributed by atoms with Crippen molar-refractivity contribution in [3.05, 3.63) is 59.9 Å². The first kappa shape index (κ1) is 19.2. The number of nitrogens with one attached hydrogen (secondary N) is 1. The molecule has 0 saturated carbocycles. The Morgan fingerprint density at radius 3 is 2.62 bits per heavy atom. The second kappa shape index (κ2) is 8.91. The first-order valence-corrected chi connectivity index (χ1v) is 9.80. The standard InChI is InChI=1S/C21H26N6O2/c1-16-3-5-17(6-4-16)19-13-23-20(29-19)14-24-21(22-2)27-10-8-26(9-11-27)15-18-7-12-28-25-18/h3-7,12-13H,8-11,14-15H2,1-2H3,(H,22,24). The van der Waals surface area contributed by atoms with Gasteiger partial charge in [0.25, 0.3) is 0 Å². The van der Waals surface area contributed by atoms with E-state index >= 15 is 0 Å². The molecule has 0 bridgehead atoms. The number of hydrogen-bond donors (Lipinski definition) is 1. The van der Waals surface area contributed by atoms with Crippen LogP contribution in [0.25, 0.3) is 11.3 Å². The molecule has 1 saturated heterocycles. The number of aliphatic imine (C=N–C) groups is 1. The van der Waals surface area contributed by atoms with Gasteiger partial charge >= 0.3 is 0 Å². The number of benzene rings is 1. The third-order valence-electron chi connectivity index (χ3n) is 5.05. The van der Waals surface area contributed by atoms with Crippen LogP contribution in [0.5, 0.6) is 0 Å². The number of hydrogen-bond acceptors (Lipinski definition) is 6. The van der Waals surface area contributed by atoms with E-state index in [1.54, 1.807) is 19.5 Å². The van der Waals surface area contributed by atoms with Crippen molar-refractivity contribution in [2.75, 3.05) is 33.2 Å². The van der Waals surface area contributed by atoms with Crippen LogP contribution < -0.4 is 5.32 Å². The summed E-state index contributed by atoms with van der Waals surface area (Å²) in [6.07, 6.45) is 3.39. The van der Waals surface area contributed by atoms with Crippen molar-refractivity contribution in [1.82, 2.24) is 25.3 Å². The zero-order valence-corrected chi connectivity index (χ0v) is 16.8. The second-order valence-corrected chi connectivity index (χ2v) is 7.14. The molecular formula is C21H26N6O2. The van der Waals surface area contributed by atoms with Crippen LogP contribution in [0.15, 0.2) is 56.7 Å². The maximum Gasteiger partial charge on any atom is 0.214 e. The summed E-state index contributed by atoms with van der Waals surface area (Å²) in [5.74, 6) is 2.28. The lowest BCUT2D eigenvalue weighted by Crippen LogP contribution is -2.52. The van der Waals surface area contributed by atoms with E-state index in [4.69, 9.17) is 8.94 Å². The lowest BCUT2D eigenvalue weighted by atomic mass is 10.1. The van der Waals surface area contributed by atoms with Crippen LogP contribution in [0.2, 0.25) is 0 Å². The summed E-state index contributed by atoms with van der Waals surface area (Å²) in [7, 11) is 1.80. The van der Waals surface area contributed by atoms with Gasteiger partial charge < -0.3 is 19.2 Å². The minimum atomic E-state index is 0.498. The summed E-state index contributed by atoms with van der Waals surface area (Å²) in [5, 5.41) is 7.35. The van der Waals surface area contributed by atoms with Crippen LogP contribution in [0.4, 0.5) is 0 Å². The summed E-state index contributed by atoms with van der Waals surface area (Å²) in [5.41, 5.74) is 3.22. The van der Waals surface area contributed by atoms with Gasteiger partial charge in [0.1, 0.15) is 6.26 Å². The molecule has 29 heavy (non-hydrogen) atoms. The fourth-order valence-corrected chi connectivity index (χ4v) is 3.40. The van der Waals surface area contributed by atoms with Crippen molar-refractivity contribution in [3.63, 3.8) is 0 Å². The van der Waals surface area contributed by atoms with Crippen LogP contribution in [0, 0.1) is 6.92 Å². The Labute approximate surface area is 170 Å². The molecule has 1 aliphatic heterocycles. The molecule has 8 nitrogen and oxygen atoms in total. The summed E-state index contributed by atoms with van der Waals surface area (Å²) in [6, 6.07) is 10.1. The summed E-state index contributed by atoms with van der Waals surface area (Å²) >= 11 is 0. The number of rotatable bonds is 5. The van der Waals surface area contributed by atoms with Crippen LogP contribution in [-0.4, -0.2) is 59.1 Å². The quantitative estimate of drug-likeness (QED) is 0.526. The van der Waals surface area contributed by atoms with Crippen LogP contribution in [0.1, 0.15) is 17.1 Å². The van der Waals surface area contributed by atoms with Crippen molar-refractivity contribution in [1.29, 1.82) is 0 Å². The molecule has 0 atom stereocenters. The van der Waals surface area contributed by atoms with Crippen LogP contribution in [0.3, 0.4) is 0 Å². The molecule has 0 amide bonds. The van der Waals surface area contributed by atoms with Gasteiger partial charge in [0.15, 0.2) is 11.7 Å². The third-order valence-corrected chi connectivity index (χ3v) is 5.05. The molecule has 4 rings (SSSR count). The molecule has 152 valence electrons. The normalized spacial score (nSPS) is 15.7. The van der Waals surface area contributed by atoms with Crippen LogP contribution >= 0.6 is 0 Å². The highest BCUT2D eigenvalue weighted by molar-refractivity contribution is 5.79. The van der Waals surface area contributed by atoms with Crippen molar-refractivity contribution in [2.45, 2.75) is 20.0 Å². The molecule has 2 aromatic heterocycles. The van der Waals surface area contributed by atoms with Crippen molar-refractivity contribution >= 4 is 5.96 Å². The first-order valence-electron chi connectivity index (χ1n) is 9.80. The molecule has 1 N–H and O–H groups in total. The fraction of sp³-hybridized carbons (Fsp3) is 0.381. The topological polar surface area (TPSA) is 82.9 Å². The molecule has 1 aliphatic rings. The Kier molecular flexibility index (Phi) is 5.90. The van der Waals surface area contributed by atoms with Crippen molar-refractivity contribution in [2.24, 2.45) is 4.99 Å². The Bertz CT molecular complexity index is 925. The highest BCUT2D eigenvalue weighted by atomic mass is 16.5. The summed E-state index contributed by atoms with van der Waals surface area (Å²) in [4.78, 5) is 13.4. The Morgan fingerprint density at radius 2 is 1.93 bits per heavy atom. The minimum Gasteiger partial charge on any atom is -0.439 e. The SMILES string of the molecule is CN=C(NCc1ncc(-c2ccc(C)cc2)o1)N1CCN(Cc2ccon2)CC1. The molecule has 0 radical (unpaired) electrons. The highest BCUT2D eigenvalue weighted by Crippen LogP contribution is 2.20. The zero-order valence-electron chi connectivity index (χ0n) is 16.8. The third kappa shape index (κ3) is 4.83. The molecule has 1 fully saturated rings. The van der Waals surface area contributed by atoms with Gasteiger partial charge in [-0.25, -0.2) is 4.98 Å². The van der Waals surface area contributed by atoms with E-state index in [1.165, 1.54) is 5.56 Å². The van der Waals surface area contributed by atoms with E-state index in [2.05, 4.69) is 49.3 Å². The number of oxazole rings is 1. The van der Waals surface area contributed by atoms with Gasteiger partial charge in [0.2, 0.25) is 5.89 Å². The van der Waals surface area contributed by atoms with Crippen molar-refractivity contribution in [3.8, 4) is 11.3 Å². The molecule has 0 aliphatic carbocycles. The van der Waals surface area contributed by atoms with Gasteiger partial charge in [-0.05, 0) is 6.92 Å². The fourth-order valence-electron chi connectivity index (χ4n) is 3.40. The average molecular weight is 394 g/mol. The van der Waals surface area contributed by atoms with E-state index in [1.807, 2.05) is 18.2 Å². The summed E-state index contributed by atoms with van der Waals surface area (Å²) < 4.78 is 10.8. The maximum absolute atomic E-state index is 5.90. The van der Waals surface area contributed by atoms with Gasteiger partial charge in [-0.1, -0.05) is 35.0 Å². The smallest absolute Gasteiger partial charge is 0.214 e. The first-order chi connectivity index (χ1) is 14.2. The highest BCUT2D eigenvalue weighted by Gasteiger charge is 2.20. The molecule has 0 spiro atoms. The average Bonchev–Trinajstić information content (AvgIpc) is 3.42. The second-order valence-electron chi connectivity index (χ2n) is 7.14. The van der Waals surface area contributed by atoms with E-state index in [0.717, 1.165) is 55.7 Å². The predicted molar refractivity (Wildman–Crippen MR) is 110 cm³/mol. The Morgan fingerprint density at radius 1 is 1.14 bits per heavy atom. The number of guanidine groups is 1. The maximum atomic E-state index is 5.90. The van der Waals surface area contributed by atoms with E-state index < -0.39 is 0 Å². The molecule has 8 heteroatoms. The summed E-state index contributed by atoms with van der Waals surface area (Å²) in [6.45, 7) is 7.08. The molecule has 3 aromatic rings. The van der Waals surface area contributed by atoms with E-state index in [0.29, 0.717) is 12.4 Å². The number of aryl methyl sites for hydroxylation is 1. The predicted octanol–water partition coefficient (Wildman–Crippen LogP) is 2.53. The zero-order chi connectivity index (χ0) is 20.1. The Balaban J connectivity index is 1.28. The van der Waals surface area contributed by atoms with Crippen molar-refractivity contribution < 1.29 is 8.94 Å². The number of aromatic nitrogens is 2. The van der Waals surface area contributed by atoms with Gasteiger partial charge in [-0.3, -0.25) is 9.89 Å². The lowest BCUT2D eigenvalue weighted by Gasteiger charge is -2.36. The number of nitrogens with zero attached hydrogens (tertiary/aromatic N) is 5. The molecule has 1 aromatic carbocycles. The van der Waals surface area contributed by atoms with Gasteiger partial charge in [-0.2, -0.15) is 0 Å². The molecule has 0 unspecified atom stereocenters. The molecule has 3 heterocycles. The van der Waals surface area contributed by atoms with Gasteiger partial charge in [0, 0.05) is 51.4 Å². The monoisotopic (exact) mass is 394 g/mol. The largest absolute Gasteiger partial charge is 0.439 e. The Hall–Kier alpha value is -3.13. The van der Waals surface area contributed by atoms with Gasteiger partial charge in [-0.15, -0.1) is 0 Å². The van der Waals surface area contributed by atoms with Crippen LogP contribution in [-0.2, 0) is 13.1 Å².